The normalized spacial score (nSPS) is 19.9. The zero-order valence-corrected chi connectivity index (χ0v) is 9.55. The molecule has 1 aliphatic rings. The van der Waals surface area contributed by atoms with Crippen molar-refractivity contribution < 1.29 is 4.79 Å². The summed E-state index contributed by atoms with van der Waals surface area (Å²) in [5.74, 6) is 0.644. The summed E-state index contributed by atoms with van der Waals surface area (Å²) in [7, 11) is 1.78. The molecule has 6 nitrogen and oxygen atoms in total. The van der Waals surface area contributed by atoms with Gasteiger partial charge in [-0.15, -0.1) is 0 Å². The van der Waals surface area contributed by atoms with Crippen LogP contribution in [0.4, 0.5) is 5.82 Å². The first-order valence-corrected chi connectivity index (χ1v) is 5.42. The van der Waals surface area contributed by atoms with Crippen LogP contribution in [0.2, 0.25) is 0 Å². The Bertz CT molecular complexity index is 467. The van der Waals surface area contributed by atoms with Crippen LogP contribution < -0.4 is 5.32 Å². The van der Waals surface area contributed by atoms with Gasteiger partial charge in [-0.3, -0.25) is 4.79 Å². The number of hydrogen-bond donors (Lipinski definition) is 1. The molecule has 88 valence electrons. The molecule has 1 N–H and O–H groups in total. The van der Waals surface area contributed by atoms with Gasteiger partial charge in [0.05, 0.1) is 0 Å². The van der Waals surface area contributed by atoms with Crippen molar-refractivity contribution in [1.29, 1.82) is 5.26 Å². The van der Waals surface area contributed by atoms with E-state index in [-0.39, 0.29) is 17.6 Å². The molecule has 2 rings (SSSR count). The average molecular weight is 231 g/mol. The van der Waals surface area contributed by atoms with Crippen LogP contribution in [0.5, 0.6) is 0 Å². The molecule has 0 saturated carbocycles. The first-order chi connectivity index (χ1) is 8.20. The van der Waals surface area contributed by atoms with E-state index in [1.165, 1.54) is 6.20 Å². The Kier molecular flexibility index (Phi) is 3.19. The molecule has 0 radical (unpaired) electrons. The van der Waals surface area contributed by atoms with E-state index in [1.54, 1.807) is 18.1 Å². The lowest BCUT2D eigenvalue weighted by Crippen LogP contribution is -2.43. The summed E-state index contributed by atoms with van der Waals surface area (Å²) < 4.78 is 0. The van der Waals surface area contributed by atoms with Crippen molar-refractivity contribution in [3.8, 4) is 6.07 Å². The second-order valence-electron chi connectivity index (χ2n) is 4.02. The van der Waals surface area contributed by atoms with Crippen LogP contribution >= 0.6 is 0 Å². The van der Waals surface area contributed by atoms with E-state index in [1.807, 2.05) is 6.07 Å². The van der Waals surface area contributed by atoms with Gasteiger partial charge in [-0.2, -0.15) is 5.26 Å². The molecule has 0 spiro atoms. The molecule has 17 heavy (non-hydrogen) atoms. The van der Waals surface area contributed by atoms with Crippen molar-refractivity contribution in [2.24, 2.45) is 0 Å². The zero-order chi connectivity index (χ0) is 12.3. The molecule has 1 fully saturated rings. The van der Waals surface area contributed by atoms with E-state index in [0.717, 1.165) is 6.42 Å². The molecule has 0 bridgehead atoms. The van der Waals surface area contributed by atoms with E-state index in [4.69, 9.17) is 5.26 Å². The van der Waals surface area contributed by atoms with Gasteiger partial charge in [0.15, 0.2) is 11.5 Å². The highest BCUT2D eigenvalue weighted by molar-refractivity contribution is 5.77. The number of nitrogens with one attached hydrogen (secondary N) is 1. The van der Waals surface area contributed by atoms with Crippen molar-refractivity contribution in [3.05, 3.63) is 18.1 Å². The number of rotatable bonds is 2. The van der Waals surface area contributed by atoms with Crippen LogP contribution in [0.15, 0.2) is 12.4 Å². The number of likely N-dealkylation sites (tertiary alicyclic amines) is 1. The maximum atomic E-state index is 11.3. The maximum absolute atomic E-state index is 11.3. The van der Waals surface area contributed by atoms with Gasteiger partial charge < -0.3 is 10.2 Å². The SMILES string of the molecule is CN1CC(Nc2nccnc2C#N)CCC1=O. The number of carbonyl (C=O) groups is 1. The Hall–Kier alpha value is -2.16. The fourth-order valence-corrected chi connectivity index (χ4v) is 1.85. The monoisotopic (exact) mass is 231 g/mol. The summed E-state index contributed by atoms with van der Waals surface area (Å²) in [4.78, 5) is 21.0. The van der Waals surface area contributed by atoms with Crippen molar-refractivity contribution in [1.82, 2.24) is 14.9 Å². The fourth-order valence-electron chi connectivity index (χ4n) is 1.85. The smallest absolute Gasteiger partial charge is 0.222 e. The molecule has 1 aromatic heterocycles. The number of anilines is 1. The highest BCUT2D eigenvalue weighted by Crippen LogP contribution is 2.15. The first kappa shape index (κ1) is 11.3. The molecule has 1 unspecified atom stereocenters. The Morgan fingerprint density at radius 2 is 2.29 bits per heavy atom. The van der Waals surface area contributed by atoms with Gasteiger partial charge in [0.25, 0.3) is 0 Å². The molecule has 1 aliphatic heterocycles. The number of aromatic nitrogens is 2. The van der Waals surface area contributed by atoms with Gasteiger partial charge in [-0.25, -0.2) is 9.97 Å². The van der Waals surface area contributed by atoms with Crippen molar-refractivity contribution in [3.63, 3.8) is 0 Å². The maximum Gasteiger partial charge on any atom is 0.222 e. The second-order valence-corrected chi connectivity index (χ2v) is 4.02. The lowest BCUT2D eigenvalue weighted by Gasteiger charge is -2.30. The number of likely N-dealkylation sites (N-methyl/N-ethyl adjacent to an activating group) is 1. The van der Waals surface area contributed by atoms with E-state index in [0.29, 0.717) is 18.8 Å². The number of nitrogens with zero attached hydrogens (tertiary/aromatic N) is 4. The topological polar surface area (TPSA) is 81.9 Å². The number of hydrogen-bond acceptors (Lipinski definition) is 5. The standard InChI is InChI=1S/C11H13N5O/c1-16-7-8(2-3-10(16)17)15-11-9(6-12)13-4-5-14-11/h4-5,8H,2-3,7H2,1H3,(H,14,15). The summed E-state index contributed by atoms with van der Waals surface area (Å²) in [5.41, 5.74) is 0.284. The van der Waals surface area contributed by atoms with Crippen LogP contribution in [0.1, 0.15) is 18.5 Å². The van der Waals surface area contributed by atoms with Gasteiger partial charge in [0, 0.05) is 38.4 Å². The molecule has 0 aliphatic carbocycles. The lowest BCUT2D eigenvalue weighted by molar-refractivity contribution is -0.132. The third-order valence-electron chi connectivity index (χ3n) is 2.77. The van der Waals surface area contributed by atoms with Crippen LogP contribution in [-0.4, -0.2) is 40.4 Å². The van der Waals surface area contributed by atoms with Crippen molar-refractivity contribution >= 4 is 11.7 Å². The van der Waals surface area contributed by atoms with Crippen LogP contribution in [0.25, 0.3) is 0 Å². The Labute approximate surface area is 99.3 Å². The van der Waals surface area contributed by atoms with Gasteiger partial charge >= 0.3 is 0 Å². The number of amides is 1. The number of piperidine rings is 1. The third kappa shape index (κ3) is 2.50. The molecular weight excluding hydrogens is 218 g/mol. The molecule has 1 saturated heterocycles. The summed E-state index contributed by atoms with van der Waals surface area (Å²) in [6.45, 7) is 0.625. The highest BCUT2D eigenvalue weighted by Gasteiger charge is 2.23. The molecule has 1 atom stereocenters. The largest absolute Gasteiger partial charge is 0.363 e. The summed E-state index contributed by atoms with van der Waals surface area (Å²) >= 11 is 0. The van der Waals surface area contributed by atoms with Crippen molar-refractivity contribution in [2.45, 2.75) is 18.9 Å². The second kappa shape index (κ2) is 4.78. The number of nitriles is 1. The van der Waals surface area contributed by atoms with Gasteiger partial charge in [0.2, 0.25) is 5.91 Å². The predicted molar refractivity (Wildman–Crippen MR) is 61.0 cm³/mol. The van der Waals surface area contributed by atoms with Crippen molar-refractivity contribution in [2.75, 3.05) is 18.9 Å². The highest BCUT2D eigenvalue weighted by atomic mass is 16.2. The lowest BCUT2D eigenvalue weighted by atomic mass is 10.1. The third-order valence-corrected chi connectivity index (χ3v) is 2.77. The van der Waals surface area contributed by atoms with Gasteiger partial charge in [0.1, 0.15) is 6.07 Å². The predicted octanol–water partition coefficient (Wildman–Crippen LogP) is 0.381. The molecular formula is C11H13N5O. The van der Waals surface area contributed by atoms with Gasteiger partial charge in [-0.05, 0) is 6.42 Å². The van der Waals surface area contributed by atoms with E-state index < -0.39 is 0 Å². The Morgan fingerprint density at radius 1 is 1.53 bits per heavy atom. The minimum atomic E-state index is 0.126. The van der Waals surface area contributed by atoms with E-state index in [9.17, 15) is 4.79 Å². The van der Waals surface area contributed by atoms with Crippen LogP contribution in [0.3, 0.4) is 0 Å². The molecule has 1 amide bonds. The summed E-state index contributed by atoms with van der Waals surface area (Å²) in [6, 6.07) is 2.11. The first-order valence-electron chi connectivity index (χ1n) is 5.42. The number of carbonyl (C=O) groups excluding carboxylic acids is 1. The molecule has 0 aromatic carbocycles. The zero-order valence-electron chi connectivity index (χ0n) is 9.55. The molecule has 1 aromatic rings. The van der Waals surface area contributed by atoms with Crippen LogP contribution in [-0.2, 0) is 4.79 Å². The summed E-state index contributed by atoms with van der Waals surface area (Å²) in [6.07, 6.45) is 4.31. The molecule has 2 heterocycles. The molecule has 6 heteroatoms. The van der Waals surface area contributed by atoms with E-state index in [2.05, 4.69) is 15.3 Å². The Balaban J connectivity index is 2.07. The fraction of sp³-hybridized carbons (Fsp3) is 0.455. The quantitative estimate of drug-likeness (QED) is 0.795. The average Bonchev–Trinajstić information content (AvgIpc) is 2.34. The van der Waals surface area contributed by atoms with E-state index >= 15 is 0 Å². The minimum absolute atomic E-state index is 0.126. The Morgan fingerprint density at radius 3 is 3.00 bits per heavy atom. The van der Waals surface area contributed by atoms with Gasteiger partial charge in [-0.1, -0.05) is 0 Å². The van der Waals surface area contributed by atoms with Crippen LogP contribution in [0, 0.1) is 11.3 Å². The minimum Gasteiger partial charge on any atom is -0.363 e. The summed E-state index contributed by atoms with van der Waals surface area (Å²) in [5, 5.41) is 12.0.